The Balaban J connectivity index is 2.02. The number of nitrogens with one attached hydrogen (secondary N) is 1. The van der Waals surface area contributed by atoms with Crippen molar-refractivity contribution in [2.75, 3.05) is 0 Å². The second kappa shape index (κ2) is 7.12. The lowest BCUT2D eigenvalue weighted by molar-refractivity contribution is 0.566. The molecule has 0 saturated heterocycles. The summed E-state index contributed by atoms with van der Waals surface area (Å²) in [6, 6.07) is 24.9. The van der Waals surface area contributed by atoms with E-state index in [1.54, 1.807) is 6.07 Å². The molecule has 1 N–H and O–H groups in total. The Bertz CT molecular complexity index is 808. The maximum absolute atomic E-state index is 13.9. The zero-order chi connectivity index (χ0) is 17.0. The van der Waals surface area contributed by atoms with E-state index in [1.165, 1.54) is 12.1 Å². The third-order valence-electron chi connectivity index (χ3n) is 3.96. The third kappa shape index (κ3) is 3.48. The lowest BCUT2D eigenvalue weighted by atomic mass is 10.1. The van der Waals surface area contributed by atoms with Crippen LogP contribution in [0.5, 0.6) is 0 Å². The minimum Gasteiger partial charge on any atom is -0.297 e. The molecule has 0 fully saturated rings. The molecule has 1 atom stereocenters. The van der Waals surface area contributed by atoms with E-state index in [0.717, 1.165) is 16.2 Å². The molecule has 0 aromatic heterocycles. The first-order valence-electron chi connectivity index (χ1n) is 7.84. The molecule has 3 rings (SSSR count). The van der Waals surface area contributed by atoms with Gasteiger partial charge in [-0.15, -0.1) is 0 Å². The van der Waals surface area contributed by atoms with Crippen molar-refractivity contribution >= 4 is 17.9 Å². The molecule has 0 aliphatic carbocycles. The molecule has 24 heavy (non-hydrogen) atoms. The van der Waals surface area contributed by atoms with Gasteiger partial charge >= 0.3 is 0 Å². The SMILES string of the molecule is C[C@@H](NP(=O)(c1ccccc1)c1ccccc1)c1cccc(F)c1. The topological polar surface area (TPSA) is 29.1 Å². The molecule has 0 unspecified atom stereocenters. The summed E-state index contributed by atoms with van der Waals surface area (Å²) >= 11 is 0. The average molecular weight is 339 g/mol. The maximum atomic E-state index is 13.9. The molecule has 2 nitrogen and oxygen atoms in total. The van der Waals surface area contributed by atoms with E-state index in [0.29, 0.717) is 0 Å². The van der Waals surface area contributed by atoms with Gasteiger partial charge in [-0.2, -0.15) is 0 Å². The van der Waals surface area contributed by atoms with Crippen molar-refractivity contribution in [3.05, 3.63) is 96.3 Å². The Hall–Kier alpha value is -2.22. The molecule has 0 saturated carbocycles. The molecular weight excluding hydrogens is 320 g/mol. The van der Waals surface area contributed by atoms with Crippen LogP contribution in [0.25, 0.3) is 0 Å². The standard InChI is InChI=1S/C20H19FNOP/c1-16(17-9-8-10-18(21)15-17)22-24(23,19-11-4-2-5-12-19)20-13-6-3-7-14-20/h2-16H,1H3,(H,22,23)/t16-/m1/s1. The van der Waals surface area contributed by atoms with E-state index in [2.05, 4.69) is 5.09 Å². The van der Waals surface area contributed by atoms with Gasteiger partial charge in [-0.05, 0) is 48.9 Å². The van der Waals surface area contributed by atoms with Crippen molar-refractivity contribution < 1.29 is 8.96 Å². The predicted molar refractivity (Wildman–Crippen MR) is 97.7 cm³/mol. The summed E-state index contributed by atoms with van der Waals surface area (Å²) in [5.74, 6) is -0.296. The molecule has 0 bridgehead atoms. The molecule has 3 aromatic rings. The van der Waals surface area contributed by atoms with Crippen molar-refractivity contribution in [2.24, 2.45) is 0 Å². The van der Waals surface area contributed by atoms with Gasteiger partial charge in [0.15, 0.2) is 0 Å². The number of rotatable bonds is 5. The largest absolute Gasteiger partial charge is 0.297 e. The van der Waals surface area contributed by atoms with Gasteiger partial charge in [0.2, 0.25) is 7.29 Å². The van der Waals surface area contributed by atoms with Gasteiger partial charge in [0.25, 0.3) is 0 Å². The quantitative estimate of drug-likeness (QED) is 0.698. The molecular formula is C20H19FNOP. The molecule has 0 heterocycles. The van der Waals surface area contributed by atoms with Gasteiger partial charge in [0, 0.05) is 16.7 Å². The van der Waals surface area contributed by atoms with Gasteiger partial charge in [0.1, 0.15) is 5.82 Å². The summed E-state index contributed by atoms with van der Waals surface area (Å²) in [5.41, 5.74) is 0.766. The van der Waals surface area contributed by atoms with Crippen LogP contribution in [0.1, 0.15) is 18.5 Å². The number of hydrogen-bond donors (Lipinski definition) is 1. The van der Waals surface area contributed by atoms with Crippen molar-refractivity contribution in [1.29, 1.82) is 0 Å². The average Bonchev–Trinajstić information content (AvgIpc) is 2.63. The van der Waals surface area contributed by atoms with E-state index in [9.17, 15) is 8.96 Å². The van der Waals surface area contributed by atoms with Crippen LogP contribution in [0.15, 0.2) is 84.9 Å². The second-order valence-electron chi connectivity index (χ2n) is 5.69. The Labute approximate surface area is 141 Å². The second-order valence-corrected chi connectivity index (χ2v) is 8.20. The Kier molecular flexibility index (Phi) is 4.94. The van der Waals surface area contributed by atoms with Crippen LogP contribution in [0.4, 0.5) is 4.39 Å². The number of benzene rings is 3. The molecule has 122 valence electrons. The molecule has 0 aliphatic heterocycles. The van der Waals surface area contributed by atoms with E-state index >= 15 is 0 Å². The summed E-state index contributed by atoms with van der Waals surface area (Å²) < 4.78 is 27.4. The van der Waals surface area contributed by atoms with Gasteiger partial charge in [-0.1, -0.05) is 48.5 Å². The molecule has 3 aromatic carbocycles. The zero-order valence-corrected chi connectivity index (χ0v) is 14.3. The monoisotopic (exact) mass is 339 g/mol. The summed E-state index contributed by atoms with van der Waals surface area (Å²) in [5, 5.41) is 4.73. The van der Waals surface area contributed by atoms with Crippen LogP contribution in [0, 0.1) is 5.82 Å². The van der Waals surface area contributed by atoms with Crippen LogP contribution in [0.3, 0.4) is 0 Å². The highest BCUT2D eigenvalue weighted by Gasteiger charge is 2.29. The Morgan fingerprint density at radius 1 is 0.833 bits per heavy atom. The highest BCUT2D eigenvalue weighted by Crippen LogP contribution is 2.41. The van der Waals surface area contributed by atoms with Gasteiger partial charge < -0.3 is 0 Å². The van der Waals surface area contributed by atoms with E-state index in [1.807, 2.05) is 73.7 Å². The van der Waals surface area contributed by atoms with Crippen LogP contribution in [-0.2, 0) is 4.57 Å². The maximum Gasteiger partial charge on any atom is 0.205 e. The number of halogens is 1. The van der Waals surface area contributed by atoms with Crippen molar-refractivity contribution in [3.63, 3.8) is 0 Å². The minimum atomic E-state index is -3.03. The Morgan fingerprint density at radius 3 is 1.88 bits per heavy atom. The predicted octanol–water partition coefficient (Wildman–Crippen LogP) is 4.41. The first-order chi connectivity index (χ1) is 11.6. The fourth-order valence-corrected chi connectivity index (χ4v) is 5.17. The molecule has 0 aliphatic rings. The van der Waals surface area contributed by atoms with Crippen molar-refractivity contribution in [3.8, 4) is 0 Å². The summed E-state index contributed by atoms with van der Waals surface area (Å²) in [6.45, 7) is 1.90. The van der Waals surface area contributed by atoms with Gasteiger partial charge in [0.05, 0.1) is 0 Å². The van der Waals surface area contributed by atoms with Crippen molar-refractivity contribution in [1.82, 2.24) is 5.09 Å². The smallest absolute Gasteiger partial charge is 0.205 e. The fraction of sp³-hybridized carbons (Fsp3) is 0.100. The first-order valence-corrected chi connectivity index (χ1v) is 9.55. The molecule has 0 spiro atoms. The van der Waals surface area contributed by atoms with Gasteiger partial charge in [-0.3, -0.25) is 9.65 Å². The van der Waals surface area contributed by atoms with Crippen LogP contribution < -0.4 is 15.7 Å². The molecule has 0 amide bonds. The highest BCUT2D eigenvalue weighted by molar-refractivity contribution is 7.76. The van der Waals surface area contributed by atoms with Crippen molar-refractivity contribution in [2.45, 2.75) is 13.0 Å². The van der Waals surface area contributed by atoms with Crippen LogP contribution >= 0.6 is 7.29 Å². The van der Waals surface area contributed by atoms with Crippen LogP contribution in [-0.4, -0.2) is 0 Å². The first kappa shape index (κ1) is 16.6. The molecule has 0 radical (unpaired) electrons. The summed E-state index contributed by atoms with van der Waals surface area (Å²) in [4.78, 5) is 0. The van der Waals surface area contributed by atoms with E-state index < -0.39 is 7.29 Å². The fourth-order valence-electron chi connectivity index (χ4n) is 2.70. The van der Waals surface area contributed by atoms with Crippen LogP contribution in [0.2, 0.25) is 0 Å². The zero-order valence-electron chi connectivity index (χ0n) is 13.4. The Morgan fingerprint density at radius 2 is 1.38 bits per heavy atom. The normalized spacial score (nSPS) is 12.8. The van der Waals surface area contributed by atoms with Gasteiger partial charge in [-0.25, -0.2) is 4.39 Å². The number of hydrogen-bond acceptors (Lipinski definition) is 1. The lowest BCUT2D eigenvalue weighted by Gasteiger charge is -2.25. The third-order valence-corrected chi connectivity index (χ3v) is 6.77. The summed E-state index contributed by atoms with van der Waals surface area (Å²) in [6.07, 6.45) is 0. The van der Waals surface area contributed by atoms with E-state index in [-0.39, 0.29) is 11.9 Å². The van der Waals surface area contributed by atoms with E-state index in [4.69, 9.17) is 0 Å². The highest BCUT2D eigenvalue weighted by atomic mass is 31.2. The molecule has 4 heteroatoms. The summed E-state index contributed by atoms with van der Waals surface area (Å²) in [7, 11) is -3.03. The minimum absolute atomic E-state index is 0.257. The lowest BCUT2D eigenvalue weighted by Crippen LogP contribution is -2.29.